The number of nitrogens with zero attached hydrogens (tertiary/aromatic N) is 1. The van der Waals surface area contributed by atoms with Gasteiger partial charge in [-0.05, 0) is 19.9 Å². The van der Waals surface area contributed by atoms with E-state index < -0.39 is 8.07 Å². The first-order valence-corrected chi connectivity index (χ1v) is 9.04. The van der Waals surface area contributed by atoms with Crippen LogP contribution in [0.3, 0.4) is 0 Å². The molecule has 86 valence electrons. The first kappa shape index (κ1) is 12.8. The smallest absolute Gasteiger partial charge is 0.214 e. The van der Waals surface area contributed by atoms with Crippen LogP contribution in [0, 0.1) is 11.5 Å². The van der Waals surface area contributed by atoms with Gasteiger partial charge >= 0.3 is 0 Å². The second-order valence-electron chi connectivity index (χ2n) is 5.03. The molecule has 0 aromatic carbocycles. The third kappa shape index (κ3) is 4.99. The van der Waals surface area contributed by atoms with Crippen molar-refractivity contribution in [1.29, 1.82) is 0 Å². The Bertz CT molecular complexity index is 410. The van der Waals surface area contributed by atoms with Crippen molar-refractivity contribution in [3.8, 4) is 17.3 Å². The Labute approximate surface area is 99.1 Å². The van der Waals surface area contributed by atoms with Crippen molar-refractivity contribution in [3.63, 3.8) is 0 Å². The summed E-state index contributed by atoms with van der Waals surface area (Å²) in [4.78, 5) is 4.34. The lowest BCUT2D eigenvalue weighted by atomic mass is 10.3. The lowest BCUT2D eigenvalue weighted by molar-refractivity contribution is 0.232. The van der Waals surface area contributed by atoms with Crippen molar-refractivity contribution in [3.05, 3.63) is 23.9 Å². The number of hydrogen-bond acceptors (Lipinski definition) is 2. The molecule has 0 radical (unpaired) electrons. The monoisotopic (exact) mass is 233 g/mol. The highest BCUT2D eigenvalue weighted by Gasteiger charge is 2.07. The maximum atomic E-state index is 5.52. The van der Waals surface area contributed by atoms with Crippen molar-refractivity contribution in [2.45, 2.75) is 39.6 Å². The van der Waals surface area contributed by atoms with Crippen LogP contribution >= 0.6 is 0 Å². The Hall–Kier alpha value is -1.27. The van der Waals surface area contributed by atoms with E-state index in [9.17, 15) is 0 Å². The van der Waals surface area contributed by atoms with E-state index in [1.165, 1.54) is 0 Å². The van der Waals surface area contributed by atoms with E-state index in [-0.39, 0.29) is 6.10 Å². The number of hydrogen-bond donors (Lipinski definition) is 0. The van der Waals surface area contributed by atoms with Gasteiger partial charge in [-0.1, -0.05) is 31.6 Å². The fourth-order valence-corrected chi connectivity index (χ4v) is 1.55. The molecule has 0 amide bonds. The van der Waals surface area contributed by atoms with Crippen molar-refractivity contribution >= 4 is 8.07 Å². The second kappa shape index (κ2) is 5.18. The SMILES string of the molecule is CC(C)Oc1cccc(C#C[Si](C)(C)C)n1. The molecule has 0 N–H and O–H groups in total. The Kier molecular flexibility index (Phi) is 4.14. The highest BCUT2D eigenvalue weighted by Crippen LogP contribution is 2.09. The van der Waals surface area contributed by atoms with Crippen molar-refractivity contribution in [1.82, 2.24) is 4.98 Å². The molecule has 2 nitrogen and oxygen atoms in total. The van der Waals surface area contributed by atoms with Crippen LogP contribution in [-0.2, 0) is 0 Å². The largest absolute Gasteiger partial charge is 0.475 e. The van der Waals surface area contributed by atoms with E-state index in [0.717, 1.165) is 5.69 Å². The quantitative estimate of drug-likeness (QED) is 0.578. The van der Waals surface area contributed by atoms with Gasteiger partial charge in [-0.25, -0.2) is 4.98 Å². The molecule has 0 aliphatic heterocycles. The molecule has 0 bridgehead atoms. The Morgan fingerprint density at radius 1 is 1.25 bits per heavy atom. The van der Waals surface area contributed by atoms with Crippen LogP contribution in [-0.4, -0.2) is 19.2 Å². The minimum absolute atomic E-state index is 0.146. The number of pyridine rings is 1. The minimum Gasteiger partial charge on any atom is -0.475 e. The molecular formula is C13H19NOSi. The number of ether oxygens (including phenoxy) is 1. The maximum Gasteiger partial charge on any atom is 0.214 e. The predicted molar refractivity (Wildman–Crippen MR) is 70.2 cm³/mol. The lowest BCUT2D eigenvalue weighted by Crippen LogP contribution is -2.16. The van der Waals surface area contributed by atoms with Crippen LogP contribution in [0.1, 0.15) is 19.5 Å². The summed E-state index contributed by atoms with van der Waals surface area (Å²) in [5.41, 5.74) is 4.08. The van der Waals surface area contributed by atoms with Crippen molar-refractivity contribution in [2.75, 3.05) is 0 Å². The molecule has 3 heteroatoms. The zero-order chi connectivity index (χ0) is 12.2. The summed E-state index contributed by atoms with van der Waals surface area (Å²) in [6, 6.07) is 5.71. The summed E-state index contributed by atoms with van der Waals surface area (Å²) >= 11 is 0. The topological polar surface area (TPSA) is 22.1 Å². The van der Waals surface area contributed by atoms with Crippen LogP contribution in [0.2, 0.25) is 19.6 Å². The number of aromatic nitrogens is 1. The highest BCUT2D eigenvalue weighted by atomic mass is 28.3. The first-order chi connectivity index (χ1) is 7.37. The van der Waals surface area contributed by atoms with Crippen LogP contribution < -0.4 is 4.74 Å². The number of rotatable bonds is 2. The second-order valence-corrected chi connectivity index (χ2v) is 9.78. The lowest BCUT2D eigenvalue weighted by Gasteiger charge is -2.08. The van der Waals surface area contributed by atoms with Gasteiger partial charge in [0.15, 0.2) is 0 Å². The zero-order valence-corrected chi connectivity index (χ0v) is 11.7. The predicted octanol–water partition coefficient (Wildman–Crippen LogP) is 3.10. The Morgan fingerprint density at radius 2 is 1.94 bits per heavy atom. The van der Waals surface area contributed by atoms with E-state index in [1.807, 2.05) is 32.0 Å². The standard InChI is InChI=1S/C13H19NOSi/c1-11(2)15-13-8-6-7-12(14-13)9-10-16(3,4)5/h6-8,11H,1-5H3. The van der Waals surface area contributed by atoms with Gasteiger partial charge in [-0.2, -0.15) is 0 Å². The Balaban J connectivity index is 2.85. The summed E-state index contributed by atoms with van der Waals surface area (Å²) in [7, 11) is -1.33. The van der Waals surface area contributed by atoms with Crippen LogP contribution in [0.25, 0.3) is 0 Å². The van der Waals surface area contributed by atoms with Gasteiger partial charge < -0.3 is 4.74 Å². The molecule has 0 aliphatic rings. The minimum atomic E-state index is -1.33. The Morgan fingerprint density at radius 3 is 2.50 bits per heavy atom. The molecule has 0 fully saturated rings. The molecule has 1 heterocycles. The molecule has 0 spiro atoms. The molecular weight excluding hydrogens is 214 g/mol. The van der Waals surface area contributed by atoms with Crippen LogP contribution in [0.4, 0.5) is 0 Å². The summed E-state index contributed by atoms with van der Waals surface area (Å²) < 4.78 is 5.52. The fraction of sp³-hybridized carbons (Fsp3) is 0.462. The molecule has 1 aromatic rings. The van der Waals surface area contributed by atoms with Crippen LogP contribution in [0.5, 0.6) is 5.88 Å². The van der Waals surface area contributed by atoms with Crippen molar-refractivity contribution < 1.29 is 4.74 Å². The van der Waals surface area contributed by atoms with Gasteiger partial charge in [0.05, 0.1) is 6.10 Å². The normalized spacial score (nSPS) is 10.9. The summed E-state index contributed by atoms with van der Waals surface area (Å²) in [5.74, 6) is 3.77. The van der Waals surface area contributed by atoms with Crippen LogP contribution in [0.15, 0.2) is 18.2 Å². The average Bonchev–Trinajstić information content (AvgIpc) is 2.13. The summed E-state index contributed by atoms with van der Waals surface area (Å²) in [5, 5.41) is 0. The molecule has 0 saturated heterocycles. The highest BCUT2D eigenvalue weighted by molar-refractivity contribution is 6.83. The van der Waals surface area contributed by atoms with Gasteiger partial charge in [0.2, 0.25) is 5.88 Å². The zero-order valence-electron chi connectivity index (χ0n) is 10.7. The first-order valence-electron chi connectivity index (χ1n) is 5.54. The molecule has 16 heavy (non-hydrogen) atoms. The summed E-state index contributed by atoms with van der Waals surface area (Å²) in [6.07, 6.45) is 0.146. The molecule has 0 saturated carbocycles. The average molecular weight is 233 g/mol. The fourth-order valence-electron chi connectivity index (χ4n) is 1.04. The van der Waals surface area contributed by atoms with E-state index in [0.29, 0.717) is 5.88 Å². The molecule has 1 aromatic heterocycles. The van der Waals surface area contributed by atoms with E-state index in [2.05, 4.69) is 36.1 Å². The van der Waals surface area contributed by atoms with Gasteiger partial charge in [0.1, 0.15) is 13.8 Å². The third-order valence-corrected chi connectivity index (χ3v) is 2.52. The van der Waals surface area contributed by atoms with E-state index >= 15 is 0 Å². The van der Waals surface area contributed by atoms with Gasteiger partial charge in [-0.3, -0.25) is 0 Å². The molecule has 1 rings (SSSR count). The molecule has 0 unspecified atom stereocenters. The van der Waals surface area contributed by atoms with Crippen molar-refractivity contribution in [2.24, 2.45) is 0 Å². The maximum absolute atomic E-state index is 5.52. The van der Waals surface area contributed by atoms with E-state index in [4.69, 9.17) is 4.74 Å². The van der Waals surface area contributed by atoms with E-state index in [1.54, 1.807) is 0 Å². The van der Waals surface area contributed by atoms with Gasteiger partial charge in [0, 0.05) is 6.07 Å². The molecule has 0 atom stereocenters. The summed E-state index contributed by atoms with van der Waals surface area (Å²) in [6.45, 7) is 10.6. The molecule has 0 aliphatic carbocycles. The van der Waals surface area contributed by atoms with Gasteiger partial charge in [0.25, 0.3) is 0 Å². The third-order valence-electron chi connectivity index (χ3n) is 1.65. The van der Waals surface area contributed by atoms with Gasteiger partial charge in [-0.15, -0.1) is 5.54 Å².